The Morgan fingerprint density at radius 1 is 1.36 bits per heavy atom. The second-order valence-corrected chi connectivity index (χ2v) is 9.00. The molecule has 5 heteroatoms. The Bertz CT molecular complexity index is 912. The summed E-state index contributed by atoms with van der Waals surface area (Å²) in [5.74, 6) is -0.0742. The number of methoxy groups -OCH3 is 1. The molecule has 1 atom stereocenters. The number of carbonyl (C=O) groups excluding carboxylic acids is 1. The van der Waals surface area contributed by atoms with Gasteiger partial charge in [-0.2, -0.15) is 0 Å². The van der Waals surface area contributed by atoms with Gasteiger partial charge in [0.05, 0.1) is 22.7 Å². The number of aromatic nitrogens is 1. The van der Waals surface area contributed by atoms with Crippen molar-refractivity contribution in [2.75, 3.05) is 13.7 Å². The van der Waals surface area contributed by atoms with Gasteiger partial charge in [-0.1, -0.05) is 24.1 Å². The van der Waals surface area contributed by atoms with E-state index in [1.807, 2.05) is 28.8 Å². The van der Waals surface area contributed by atoms with Crippen LogP contribution in [0.5, 0.6) is 0 Å². The molecule has 4 rings (SSSR count). The molecule has 0 aromatic carbocycles. The fourth-order valence-electron chi connectivity index (χ4n) is 4.79. The fraction of sp³-hybridized carbons (Fsp3) is 0.522. The number of halogens is 1. The number of ether oxygens (including phenoxy) is 1. The van der Waals surface area contributed by atoms with Gasteiger partial charge in [-0.05, 0) is 68.2 Å². The topological polar surface area (TPSA) is 50.9 Å². The van der Waals surface area contributed by atoms with Gasteiger partial charge in [-0.15, -0.1) is 0 Å². The van der Waals surface area contributed by atoms with Crippen LogP contribution in [0.15, 0.2) is 36.5 Å². The minimum absolute atomic E-state index is 0.0742. The molecule has 1 unspecified atom stereocenters. The molecule has 2 fully saturated rings. The lowest BCUT2D eigenvalue weighted by atomic mass is 9.74. The largest absolute Gasteiger partial charge is 0.390 e. The van der Waals surface area contributed by atoms with Crippen LogP contribution in [0.2, 0.25) is 5.02 Å². The molecule has 1 N–H and O–H groups in total. The summed E-state index contributed by atoms with van der Waals surface area (Å²) in [6.45, 7) is 0.580. The molecular formula is C23H28ClNO3. The first-order valence-corrected chi connectivity index (χ1v) is 10.5. The first kappa shape index (κ1) is 19.7. The highest BCUT2D eigenvalue weighted by atomic mass is 35.5. The molecule has 150 valence electrons. The Morgan fingerprint density at radius 3 is 2.93 bits per heavy atom. The summed E-state index contributed by atoms with van der Waals surface area (Å²) in [7, 11) is 1.67. The highest BCUT2D eigenvalue weighted by Crippen LogP contribution is 2.59. The van der Waals surface area contributed by atoms with Crippen molar-refractivity contribution in [3.05, 3.63) is 52.8 Å². The standard InChI is InChI=1S/C23H28ClNO3/c1-28-14-7-17-15-18(21-19(24)5-3-13-25(17)21)20(26)6-2-9-23(27)10-4-8-22(16-23)11-12-22/h2-3,5-6,13,15,27H,4,7-12,14,16H2,1H3/b6-2+. The van der Waals surface area contributed by atoms with Crippen molar-refractivity contribution in [3.8, 4) is 0 Å². The van der Waals surface area contributed by atoms with Crippen molar-refractivity contribution in [2.24, 2.45) is 5.41 Å². The highest BCUT2D eigenvalue weighted by Gasteiger charge is 2.50. The zero-order chi connectivity index (χ0) is 19.8. The molecule has 2 aromatic rings. The maximum absolute atomic E-state index is 12.9. The second-order valence-electron chi connectivity index (χ2n) is 8.59. The Morgan fingerprint density at radius 2 is 2.18 bits per heavy atom. The van der Waals surface area contributed by atoms with Gasteiger partial charge in [-0.3, -0.25) is 4.79 Å². The molecule has 2 aromatic heterocycles. The molecular weight excluding hydrogens is 374 g/mol. The van der Waals surface area contributed by atoms with Crippen molar-refractivity contribution < 1.29 is 14.6 Å². The molecule has 0 saturated heterocycles. The quantitative estimate of drug-likeness (QED) is 0.525. The molecule has 0 bridgehead atoms. The summed E-state index contributed by atoms with van der Waals surface area (Å²) in [6, 6.07) is 5.58. The van der Waals surface area contributed by atoms with Crippen molar-refractivity contribution >= 4 is 22.9 Å². The van der Waals surface area contributed by atoms with Crippen LogP contribution >= 0.6 is 11.6 Å². The number of ketones is 1. The van der Waals surface area contributed by atoms with Crippen LogP contribution in [0.3, 0.4) is 0 Å². The van der Waals surface area contributed by atoms with Crippen LogP contribution in [-0.4, -0.2) is 34.6 Å². The third-order valence-electron chi connectivity index (χ3n) is 6.43. The van der Waals surface area contributed by atoms with Crippen LogP contribution in [0.4, 0.5) is 0 Å². The van der Waals surface area contributed by atoms with E-state index in [4.69, 9.17) is 16.3 Å². The second kappa shape index (κ2) is 7.66. The Kier molecular flexibility index (Phi) is 5.38. The summed E-state index contributed by atoms with van der Waals surface area (Å²) in [4.78, 5) is 12.9. The fourth-order valence-corrected chi connectivity index (χ4v) is 5.06. The minimum Gasteiger partial charge on any atom is -0.390 e. The van der Waals surface area contributed by atoms with E-state index < -0.39 is 5.60 Å². The van der Waals surface area contributed by atoms with E-state index in [2.05, 4.69) is 0 Å². The van der Waals surface area contributed by atoms with E-state index in [9.17, 15) is 9.90 Å². The molecule has 2 saturated carbocycles. The number of aliphatic hydroxyl groups is 1. The summed E-state index contributed by atoms with van der Waals surface area (Å²) in [6.07, 6.45) is 13.1. The number of allylic oxidation sites excluding steroid dienone is 1. The molecule has 4 nitrogen and oxygen atoms in total. The zero-order valence-corrected chi connectivity index (χ0v) is 17.2. The monoisotopic (exact) mass is 401 g/mol. The van der Waals surface area contributed by atoms with Gasteiger partial charge in [0, 0.05) is 31.0 Å². The number of hydrogen-bond donors (Lipinski definition) is 1. The Balaban J connectivity index is 1.53. The van der Waals surface area contributed by atoms with Crippen LogP contribution in [-0.2, 0) is 11.2 Å². The van der Waals surface area contributed by atoms with Gasteiger partial charge in [0.1, 0.15) is 0 Å². The van der Waals surface area contributed by atoms with E-state index in [0.29, 0.717) is 35.4 Å². The third kappa shape index (κ3) is 3.91. The lowest BCUT2D eigenvalue weighted by molar-refractivity contribution is -0.0194. The van der Waals surface area contributed by atoms with E-state index in [-0.39, 0.29) is 5.78 Å². The van der Waals surface area contributed by atoms with E-state index >= 15 is 0 Å². The van der Waals surface area contributed by atoms with Crippen LogP contribution < -0.4 is 0 Å². The summed E-state index contributed by atoms with van der Waals surface area (Å²) < 4.78 is 7.15. The third-order valence-corrected chi connectivity index (χ3v) is 6.73. The van der Waals surface area contributed by atoms with Gasteiger partial charge in [0.25, 0.3) is 0 Å². The average Bonchev–Trinajstić information content (AvgIpc) is 3.27. The molecule has 2 heterocycles. The first-order valence-electron chi connectivity index (χ1n) is 10.2. The first-order chi connectivity index (χ1) is 13.5. The average molecular weight is 402 g/mol. The predicted octanol–water partition coefficient (Wildman–Crippen LogP) is 5.00. The zero-order valence-electron chi connectivity index (χ0n) is 16.4. The van der Waals surface area contributed by atoms with Crippen molar-refractivity contribution in [3.63, 3.8) is 0 Å². The SMILES string of the molecule is COCCc1cc(C(=O)/C=C/CC2(O)CCCC3(CC3)C2)c2c(Cl)cccn12. The van der Waals surface area contributed by atoms with Gasteiger partial charge < -0.3 is 14.2 Å². The molecule has 2 aliphatic rings. The van der Waals surface area contributed by atoms with Gasteiger partial charge in [0.2, 0.25) is 0 Å². The maximum Gasteiger partial charge on any atom is 0.187 e. The number of rotatable bonds is 7. The van der Waals surface area contributed by atoms with Crippen LogP contribution in [0.1, 0.15) is 61.0 Å². The molecule has 0 radical (unpaired) electrons. The smallest absolute Gasteiger partial charge is 0.187 e. The summed E-state index contributed by atoms with van der Waals surface area (Å²) in [5.41, 5.74) is 2.07. The molecule has 1 spiro atoms. The number of nitrogens with zero attached hydrogens (tertiary/aromatic N) is 1. The van der Waals surface area contributed by atoms with Gasteiger partial charge in [-0.25, -0.2) is 0 Å². The molecule has 0 aliphatic heterocycles. The summed E-state index contributed by atoms with van der Waals surface area (Å²) in [5, 5.41) is 11.5. The van der Waals surface area contributed by atoms with Crippen LogP contribution in [0, 0.1) is 5.41 Å². The Hall–Kier alpha value is -1.62. The molecule has 28 heavy (non-hydrogen) atoms. The predicted molar refractivity (Wildman–Crippen MR) is 111 cm³/mol. The number of carbonyl (C=O) groups is 1. The van der Waals surface area contributed by atoms with Gasteiger partial charge >= 0.3 is 0 Å². The van der Waals surface area contributed by atoms with E-state index in [1.165, 1.54) is 19.3 Å². The number of pyridine rings is 1. The van der Waals surface area contributed by atoms with Crippen molar-refractivity contribution in [2.45, 2.75) is 57.0 Å². The molecule has 0 amide bonds. The molecule has 2 aliphatic carbocycles. The minimum atomic E-state index is -0.657. The lowest BCUT2D eigenvalue weighted by Gasteiger charge is -2.36. The van der Waals surface area contributed by atoms with Crippen molar-refractivity contribution in [1.82, 2.24) is 4.40 Å². The highest BCUT2D eigenvalue weighted by molar-refractivity contribution is 6.35. The normalized spacial score (nSPS) is 23.7. The number of fused-ring (bicyclic) bond motifs is 1. The van der Waals surface area contributed by atoms with E-state index in [0.717, 1.165) is 30.5 Å². The van der Waals surface area contributed by atoms with Gasteiger partial charge in [0.15, 0.2) is 5.78 Å². The lowest BCUT2D eigenvalue weighted by Crippen LogP contribution is -2.35. The van der Waals surface area contributed by atoms with E-state index in [1.54, 1.807) is 19.3 Å². The van der Waals surface area contributed by atoms with Crippen LogP contribution in [0.25, 0.3) is 5.52 Å². The van der Waals surface area contributed by atoms with Crippen molar-refractivity contribution in [1.29, 1.82) is 0 Å². The Labute approximate surface area is 171 Å². The maximum atomic E-state index is 12.9. The summed E-state index contributed by atoms with van der Waals surface area (Å²) >= 11 is 6.40. The number of hydrogen-bond acceptors (Lipinski definition) is 3.